The standard InChI is InChI=1S/C19H25N3O3/c1-13(2)16-8-6-14(3)10-17(16)24-12-18(23)21-20-11-15-7-9-19(25-15)22(4)5/h6-11,13H,12H2,1-5H3,(H,21,23)/b20-11-. The van der Waals surface area contributed by atoms with Crippen molar-refractivity contribution in [2.45, 2.75) is 26.7 Å². The van der Waals surface area contributed by atoms with Gasteiger partial charge >= 0.3 is 0 Å². The van der Waals surface area contributed by atoms with Crippen LogP contribution in [0.4, 0.5) is 5.88 Å². The molecule has 0 fully saturated rings. The third-order valence-corrected chi connectivity index (χ3v) is 3.58. The minimum atomic E-state index is -0.327. The molecule has 0 unspecified atom stereocenters. The molecule has 6 heteroatoms. The van der Waals surface area contributed by atoms with Crippen LogP contribution in [0.15, 0.2) is 39.9 Å². The highest BCUT2D eigenvalue weighted by atomic mass is 16.5. The molecule has 1 N–H and O–H groups in total. The lowest BCUT2D eigenvalue weighted by molar-refractivity contribution is -0.123. The van der Waals surface area contributed by atoms with E-state index in [-0.39, 0.29) is 12.5 Å². The Labute approximate surface area is 148 Å². The van der Waals surface area contributed by atoms with E-state index < -0.39 is 0 Å². The van der Waals surface area contributed by atoms with Gasteiger partial charge in [-0.05, 0) is 36.1 Å². The number of aryl methyl sites for hydroxylation is 1. The third-order valence-electron chi connectivity index (χ3n) is 3.58. The van der Waals surface area contributed by atoms with E-state index in [1.165, 1.54) is 6.21 Å². The van der Waals surface area contributed by atoms with Crippen LogP contribution in [0.25, 0.3) is 0 Å². The summed E-state index contributed by atoms with van der Waals surface area (Å²) in [5, 5.41) is 3.88. The maximum atomic E-state index is 11.9. The minimum Gasteiger partial charge on any atom is -0.483 e. The monoisotopic (exact) mass is 343 g/mol. The second-order valence-corrected chi connectivity index (χ2v) is 6.35. The van der Waals surface area contributed by atoms with Crippen LogP contribution in [0.3, 0.4) is 0 Å². The molecule has 1 aromatic carbocycles. The summed E-state index contributed by atoms with van der Waals surface area (Å²) >= 11 is 0. The van der Waals surface area contributed by atoms with Crippen molar-refractivity contribution in [2.75, 3.05) is 25.6 Å². The Kier molecular flexibility index (Phi) is 6.22. The average Bonchev–Trinajstić information content (AvgIpc) is 3.02. The zero-order valence-electron chi connectivity index (χ0n) is 15.4. The topological polar surface area (TPSA) is 67.1 Å². The predicted molar refractivity (Wildman–Crippen MR) is 99.5 cm³/mol. The molecule has 6 nitrogen and oxygen atoms in total. The van der Waals surface area contributed by atoms with E-state index in [0.717, 1.165) is 22.8 Å². The summed E-state index contributed by atoms with van der Waals surface area (Å²) in [6.45, 7) is 6.08. The van der Waals surface area contributed by atoms with Gasteiger partial charge in [0.05, 0.1) is 6.21 Å². The lowest BCUT2D eigenvalue weighted by Gasteiger charge is -2.14. The second kappa shape index (κ2) is 8.37. The van der Waals surface area contributed by atoms with E-state index in [2.05, 4.69) is 24.4 Å². The fraction of sp³-hybridized carbons (Fsp3) is 0.368. The molecule has 0 saturated heterocycles. The summed E-state index contributed by atoms with van der Waals surface area (Å²) in [5.41, 5.74) is 4.60. The van der Waals surface area contributed by atoms with Crippen LogP contribution in [-0.2, 0) is 4.79 Å². The van der Waals surface area contributed by atoms with Crippen LogP contribution >= 0.6 is 0 Å². The van der Waals surface area contributed by atoms with Crippen molar-refractivity contribution >= 4 is 18.0 Å². The Morgan fingerprint density at radius 3 is 2.72 bits per heavy atom. The molecule has 0 bridgehead atoms. The van der Waals surface area contributed by atoms with E-state index in [1.54, 1.807) is 6.07 Å². The minimum absolute atomic E-state index is 0.0956. The van der Waals surface area contributed by atoms with E-state index in [1.807, 2.05) is 50.2 Å². The summed E-state index contributed by atoms with van der Waals surface area (Å²) in [6.07, 6.45) is 1.46. The number of carbonyl (C=O) groups excluding carboxylic acids is 1. The van der Waals surface area contributed by atoms with Gasteiger partial charge in [0, 0.05) is 20.2 Å². The Morgan fingerprint density at radius 2 is 2.08 bits per heavy atom. The van der Waals surface area contributed by atoms with Gasteiger partial charge in [0.2, 0.25) is 0 Å². The number of nitrogens with zero attached hydrogens (tertiary/aromatic N) is 2. The number of benzene rings is 1. The smallest absolute Gasteiger partial charge is 0.277 e. The summed E-state index contributed by atoms with van der Waals surface area (Å²) in [5.74, 6) is 2.01. The van der Waals surface area contributed by atoms with Gasteiger partial charge in [-0.1, -0.05) is 26.0 Å². The summed E-state index contributed by atoms with van der Waals surface area (Å²) in [7, 11) is 3.77. The lowest BCUT2D eigenvalue weighted by Crippen LogP contribution is -2.24. The SMILES string of the molecule is Cc1ccc(C(C)C)c(OCC(=O)N/N=C\c2ccc(N(C)C)o2)c1. The molecule has 0 atom stereocenters. The van der Waals surface area contributed by atoms with Crippen LogP contribution < -0.4 is 15.1 Å². The van der Waals surface area contributed by atoms with Gasteiger partial charge in [0.15, 0.2) is 12.5 Å². The largest absolute Gasteiger partial charge is 0.483 e. The van der Waals surface area contributed by atoms with Crippen molar-refractivity contribution in [2.24, 2.45) is 5.10 Å². The predicted octanol–water partition coefficient (Wildman–Crippen LogP) is 3.31. The highest BCUT2D eigenvalue weighted by molar-refractivity contribution is 5.81. The lowest BCUT2D eigenvalue weighted by atomic mass is 10.0. The molecule has 2 rings (SSSR count). The van der Waals surface area contributed by atoms with Gasteiger partial charge in [-0.25, -0.2) is 5.43 Å². The number of hydrogen-bond acceptors (Lipinski definition) is 5. The first-order chi connectivity index (χ1) is 11.9. The van der Waals surface area contributed by atoms with Gasteiger partial charge in [0.25, 0.3) is 5.91 Å². The molecule has 25 heavy (non-hydrogen) atoms. The highest BCUT2D eigenvalue weighted by Crippen LogP contribution is 2.27. The molecule has 2 aromatic rings. The van der Waals surface area contributed by atoms with Crippen LogP contribution in [0, 0.1) is 6.92 Å². The summed E-state index contributed by atoms with van der Waals surface area (Å²) < 4.78 is 11.2. The molecule has 0 radical (unpaired) electrons. The summed E-state index contributed by atoms with van der Waals surface area (Å²) in [4.78, 5) is 13.7. The fourth-order valence-corrected chi connectivity index (χ4v) is 2.24. The van der Waals surface area contributed by atoms with Crippen LogP contribution in [0.2, 0.25) is 0 Å². The van der Waals surface area contributed by atoms with Crippen LogP contribution in [0.5, 0.6) is 5.75 Å². The van der Waals surface area contributed by atoms with E-state index in [9.17, 15) is 4.79 Å². The summed E-state index contributed by atoms with van der Waals surface area (Å²) in [6, 6.07) is 9.63. The quantitative estimate of drug-likeness (QED) is 0.619. The van der Waals surface area contributed by atoms with E-state index in [0.29, 0.717) is 11.7 Å². The number of hydrogen-bond donors (Lipinski definition) is 1. The number of furan rings is 1. The van der Waals surface area contributed by atoms with Crippen molar-refractivity contribution in [3.8, 4) is 5.75 Å². The molecule has 134 valence electrons. The zero-order chi connectivity index (χ0) is 18.4. The van der Waals surface area contributed by atoms with Gasteiger partial charge in [0.1, 0.15) is 11.5 Å². The normalized spacial score (nSPS) is 11.1. The van der Waals surface area contributed by atoms with Gasteiger partial charge in [-0.15, -0.1) is 0 Å². The fourth-order valence-electron chi connectivity index (χ4n) is 2.24. The van der Waals surface area contributed by atoms with Gasteiger partial charge in [-0.2, -0.15) is 5.10 Å². The van der Waals surface area contributed by atoms with E-state index >= 15 is 0 Å². The molecular formula is C19H25N3O3. The molecule has 1 heterocycles. The molecule has 0 aliphatic rings. The van der Waals surface area contributed by atoms with Crippen LogP contribution in [-0.4, -0.2) is 32.8 Å². The molecule has 0 aliphatic carbocycles. The number of ether oxygens (including phenoxy) is 1. The number of carbonyl (C=O) groups is 1. The van der Waals surface area contributed by atoms with E-state index in [4.69, 9.17) is 9.15 Å². The molecule has 0 saturated carbocycles. The highest BCUT2D eigenvalue weighted by Gasteiger charge is 2.10. The third kappa shape index (κ3) is 5.38. The average molecular weight is 343 g/mol. The van der Waals surface area contributed by atoms with Gasteiger partial charge in [-0.3, -0.25) is 4.79 Å². The Morgan fingerprint density at radius 1 is 1.32 bits per heavy atom. The Balaban J connectivity index is 1.88. The zero-order valence-corrected chi connectivity index (χ0v) is 15.4. The maximum Gasteiger partial charge on any atom is 0.277 e. The van der Waals surface area contributed by atoms with Crippen molar-refractivity contribution in [3.63, 3.8) is 0 Å². The molecular weight excluding hydrogens is 318 g/mol. The first-order valence-corrected chi connectivity index (χ1v) is 8.19. The number of nitrogens with one attached hydrogen (secondary N) is 1. The molecule has 1 amide bonds. The molecule has 1 aromatic heterocycles. The van der Waals surface area contributed by atoms with Crippen LogP contribution in [0.1, 0.15) is 36.7 Å². The van der Waals surface area contributed by atoms with Gasteiger partial charge < -0.3 is 14.1 Å². The van der Waals surface area contributed by atoms with Crippen molar-refractivity contribution in [1.82, 2.24) is 5.43 Å². The number of anilines is 1. The maximum absolute atomic E-state index is 11.9. The first kappa shape index (κ1) is 18.6. The number of hydrazone groups is 1. The number of amides is 1. The Hall–Kier alpha value is -2.76. The van der Waals surface area contributed by atoms with Crippen molar-refractivity contribution in [3.05, 3.63) is 47.2 Å². The first-order valence-electron chi connectivity index (χ1n) is 8.19. The second-order valence-electron chi connectivity index (χ2n) is 6.35. The number of rotatable bonds is 7. The molecule has 0 spiro atoms. The molecule has 0 aliphatic heterocycles. The Bertz CT molecular complexity index is 748. The van der Waals surface area contributed by atoms with Crippen molar-refractivity contribution < 1.29 is 13.9 Å². The van der Waals surface area contributed by atoms with Crippen molar-refractivity contribution in [1.29, 1.82) is 0 Å².